The SMILES string of the molecule is CCCCCCOc1cc(Br)c2nc(-c3ccccc3)n(-c3ccc(C)cc3)c2c1. The Labute approximate surface area is 186 Å². The van der Waals surface area contributed by atoms with Gasteiger partial charge in [0.1, 0.15) is 17.1 Å². The third kappa shape index (κ3) is 4.44. The summed E-state index contributed by atoms with van der Waals surface area (Å²) in [6, 6.07) is 23.0. The summed E-state index contributed by atoms with van der Waals surface area (Å²) in [6.45, 7) is 5.07. The van der Waals surface area contributed by atoms with Gasteiger partial charge in [0, 0.05) is 21.8 Å². The topological polar surface area (TPSA) is 27.1 Å². The molecule has 0 aliphatic carbocycles. The second-order valence-electron chi connectivity index (χ2n) is 7.65. The van der Waals surface area contributed by atoms with E-state index in [2.05, 4.69) is 76.8 Å². The molecule has 0 saturated carbocycles. The molecule has 1 aromatic heterocycles. The number of hydrogen-bond donors (Lipinski definition) is 0. The predicted octanol–water partition coefficient (Wildman–Crippen LogP) is 7.72. The standard InChI is InChI=1S/C26H27BrN2O/c1-3-4-5-9-16-30-22-17-23(27)25-24(18-22)29(21-14-12-19(2)13-15-21)26(28-25)20-10-7-6-8-11-20/h6-8,10-15,17-18H,3-5,9,16H2,1-2H3. The highest BCUT2D eigenvalue weighted by Crippen LogP contribution is 2.35. The van der Waals surface area contributed by atoms with Gasteiger partial charge in [0.15, 0.2) is 0 Å². The minimum Gasteiger partial charge on any atom is -0.493 e. The van der Waals surface area contributed by atoms with Gasteiger partial charge >= 0.3 is 0 Å². The number of benzene rings is 3. The maximum absolute atomic E-state index is 6.10. The van der Waals surface area contributed by atoms with Crippen molar-refractivity contribution in [1.29, 1.82) is 0 Å². The lowest BCUT2D eigenvalue weighted by Gasteiger charge is -2.11. The van der Waals surface area contributed by atoms with Crippen LogP contribution < -0.4 is 4.74 Å². The van der Waals surface area contributed by atoms with Crippen LogP contribution in [-0.4, -0.2) is 16.2 Å². The molecule has 4 aromatic rings. The van der Waals surface area contributed by atoms with E-state index in [0.29, 0.717) is 0 Å². The summed E-state index contributed by atoms with van der Waals surface area (Å²) >= 11 is 3.73. The number of unbranched alkanes of at least 4 members (excludes halogenated alkanes) is 3. The number of fused-ring (bicyclic) bond motifs is 1. The molecule has 0 fully saturated rings. The number of nitrogens with zero attached hydrogens (tertiary/aromatic N) is 2. The van der Waals surface area contributed by atoms with Crippen molar-refractivity contribution >= 4 is 27.0 Å². The highest BCUT2D eigenvalue weighted by molar-refractivity contribution is 9.10. The van der Waals surface area contributed by atoms with E-state index >= 15 is 0 Å². The fourth-order valence-electron chi connectivity index (χ4n) is 3.65. The van der Waals surface area contributed by atoms with E-state index in [1.165, 1.54) is 24.8 Å². The summed E-state index contributed by atoms with van der Waals surface area (Å²) in [5.74, 6) is 1.80. The lowest BCUT2D eigenvalue weighted by Crippen LogP contribution is -1.99. The second kappa shape index (κ2) is 9.48. The zero-order valence-electron chi connectivity index (χ0n) is 17.6. The van der Waals surface area contributed by atoms with E-state index in [9.17, 15) is 0 Å². The summed E-state index contributed by atoms with van der Waals surface area (Å²) in [5.41, 5.74) is 5.39. The molecule has 0 aliphatic heterocycles. The van der Waals surface area contributed by atoms with Crippen molar-refractivity contribution in [1.82, 2.24) is 9.55 Å². The first kappa shape index (κ1) is 20.7. The molecule has 30 heavy (non-hydrogen) atoms. The van der Waals surface area contributed by atoms with E-state index in [4.69, 9.17) is 9.72 Å². The lowest BCUT2D eigenvalue weighted by molar-refractivity contribution is 0.305. The summed E-state index contributed by atoms with van der Waals surface area (Å²) in [7, 11) is 0. The fourth-order valence-corrected chi connectivity index (χ4v) is 4.17. The van der Waals surface area contributed by atoms with Crippen molar-refractivity contribution < 1.29 is 4.74 Å². The van der Waals surface area contributed by atoms with Crippen LogP contribution in [0.5, 0.6) is 5.75 Å². The van der Waals surface area contributed by atoms with E-state index in [1.54, 1.807) is 0 Å². The van der Waals surface area contributed by atoms with E-state index in [-0.39, 0.29) is 0 Å². The number of halogens is 1. The fraction of sp³-hybridized carbons (Fsp3) is 0.269. The average Bonchev–Trinajstić information content (AvgIpc) is 3.15. The van der Waals surface area contributed by atoms with Crippen LogP contribution in [0.15, 0.2) is 71.2 Å². The molecule has 0 spiro atoms. The molecule has 0 aliphatic rings. The van der Waals surface area contributed by atoms with E-state index < -0.39 is 0 Å². The average molecular weight is 463 g/mol. The Hall–Kier alpha value is -2.59. The molecule has 3 aromatic carbocycles. The van der Waals surface area contributed by atoms with Crippen molar-refractivity contribution in [3.63, 3.8) is 0 Å². The van der Waals surface area contributed by atoms with Gasteiger partial charge < -0.3 is 4.74 Å². The Kier molecular flexibility index (Phi) is 6.53. The number of imidazole rings is 1. The number of aryl methyl sites for hydroxylation is 1. The van der Waals surface area contributed by atoms with E-state index in [0.717, 1.165) is 51.4 Å². The molecule has 0 atom stereocenters. The minimum absolute atomic E-state index is 0.738. The molecule has 0 N–H and O–H groups in total. The number of hydrogen-bond acceptors (Lipinski definition) is 2. The van der Waals surface area contributed by atoms with Gasteiger partial charge in [0.25, 0.3) is 0 Å². The van der Waals surface area contributed by atoms with Crippen LogP contribution in [0.3, 0.4) is 0 Å². The Morgan fingerprint density at radius 2 is 1.70 bits per heavy atom. The molecule has 154 valence electrons. The predicted molar refractivity (Wildman–Crippen MR) is 129 cm³/mol. The molecule has 0 unspecified atom stereocenters. The van der Waals surface area contributed by atoms with Crippen LogP contribution in [0, 0.1) is 6.92 Å². The molecule has 3 nitrogen and oxygen atoms in total. The summed E-state index contributed by atoms with van der Waals surface area (Å²) in [6.07, 6.45) is 4.78. The van der Waals surface area contributed by atoms with Gasteiger partial charge in [-0.15, -0.1) is 0 Å². The van der Waals surface area contributed by atoms with Gasteiger partial charge in [-0.1, -0.05) is 74.2 Å². The molecule has 0 saturated heterocycles. The van der Waals surface area contributed by atoms with Crippen LogP contribution in [-0.2, 0) is 0 Å². The van der Waals surface area contributed by atoms with Gasteiger partial charge in [0.2, 0.25) is 0 Å². The van der Waals surface area contributed by atoms with Gasteiger partial charge in [-0.2, -0.15) is 0 Å². The highest BCUT2D eigenvalue weighted by Gasteiger charge is 2.17. The van der Waals surface area contributed by atoms with Crippen molar-refractivity contribution in [3.05, 3.63) is 76.8 Å². The lowest BCUT2D eigenvalue weighted by atomic mass is 10.2. The molecule has 1 heterocycles. The number of rotatable bonds is 8. The molecule has 0 amide bonds. The third-order valence-corrected chi connectivity index (χ3v) is 5.88. The Morgan fingerprint density at radius 1 is 0.933 bits per heavy atom. The highest BCUT2D eigenvalue weighted by atomic mass is 79.9. The van der Waals surface area contributed by atoms with Gasteiger partial charge in [-0.3, -0.25) is 4.57 Å². The van der Waals surface area contributed by atoms with Gasteiger partial charge in [0.05, 0.1) is 12.1 Å². The maximum Gasteiger partial charge on any atom is 0.145 e. The van der Waals surface area contributed by atoms with Crippen LogP contribution in [0.1, 0.15) is 38.2 Å². The number of aromatic nitrogens is 2. The van der Waals surface area contributed by atoms with Crippen LogP contribution >= 0.6 is 15.9 Å². The van der Waals surface area contributed by atoms with Crippen molar-refractivity contribution in [2.45, 2.75) is 39.5 Å². The van der Waals surface area contributed by atoms with Crippen molar-refractivity contribution in [2.24, 2.45) is 0 Å². The first-order valence-electron chi connectivity index (χ1n) is 10.6. The van der Waals surface area contributed by atoms with Crippen LogP contribution in [0.2, 0.25) is 0 Å². The second-order valence-corrected chi connectivity index (χ2v) is 8.51. The van der Waals surface area contributed by atoms with Crippen LogP contribution in [0.4, 0.5) is 0 Å². The first-order chi connectivity index (χ1) is 14.7. The van der Waals surface area contributed by atoms with Crippen molar-refractivity contribution in [3.8, 4) is 22.8 Å². The smallest absolute Gasteiger partial charge is 0.145 e. The third-order valence-electron chi connectivity index (χ3n) is 5.28. The molecular formula is C26H27BrN2O. The first-order valence-corrected chi connectivity index (χ1v) is 11.4. The molecule has 0 radical (unpaired) electrons. The van der Waals surface area contributed by atoms with Gasteiger partial charge in [-0.25, -0.2) is 4.98 Å². The normalized spacial score (nSPS) is 11.2. The molecule has 4 heteroatoms. The number of ether oxygens (including phenoxy) is 1. The van der Waals surface area contributed by atoms with Gasteiger partial charge in [-0.05, 0) is 47.5 Å². The summed E-state index contributed by atoms with van der Waals surface area (Å²) < 4.78 is 9.27. The molecule has 0 bridgehead atoms. The summed E-state index contributed by atoms with van der Waals surface area (Å²) in [5, 5.41) is 0. The minimum atomic E-state index is 0.738. The maximum atomic E-state index is 6.10. The zero-order valence-corrected chi connectivity index (χ0v) is 19.2. The monoisotopic (exact) mass is 462 g/mol. The van der Waals surface area contributed by atoms with Crippen molar-refractivity contribution in [2.75, 3.05) is 6.61 Å². The Morgan fingerprint density at radius 3 is 2.43 bits per heavy atom. The Balaban J connectivity index is 1.80. The quantitative estimate of drug-likeness (QED) is 0.250. The van der Waals surface area contributed by atoms with Crippen LogP contribution in [0.25, 0.3) is 28.1 Å². The Bertz CT molecular complexity index is 1120. The summed E-state index contributed by atoms with van der Waals surface area (Å²) in [4.78, 5) is 5.00. The molecular weight excluding hydrogens is 436 g/mol. The van der Waals surface area contributed by atoms with E-state index in [1.807, 2.05) is 24.3 Å². The molecule has 4 rings (SSSR count). The zero-order chi connectivity index (χ0) is 20.9. The largest absolute Gasteiger partial charge is 0.493 e.